The highest BCUT2D eigenvalue weighted by molar-refractivity contribution is 5.75. The lowest BCUT2D eigenvalue weighted by molar-refractivity contribution is -0.221. The Morgan fingerprint density at radius 1 is 1.22 bits per heavy atom. The lowest BCUT2D eigenvalue weighted by Crippen LogP contribution is -2.32. The number of aliphatic carboxylic acids is 1. The van der Waals surface area contributed by atoms with Crippen LogP contribution in [0.2, 0.25) is 0 Å². The van der Waals surface area contributed by atoms with E-state index in [0.717, 1.165) is 5.56 Å². The zero-order valence-corrected chi connectivity index (χ0v) is 9.69. The van der Waals surface area contributed by atoms with E-state index in [2.05, 4.69) is 0 Å². The summed E-state index contributed by atoms with van der Waals surface area (Å²) in [6.07, 6.45) is -1.02. The smallest absolute Gasteiger partial charge is 0.335 e. The van der Waals surface area contributed by atoms with Crippen LogP contribution in [-0.4, -0.2) is 36.0 Å². The van der Waals surface area contributed by atoms with Gasteiger partial charge in [0, 0.05) is 5.56 Å². The third kappa shape index (κ3) is 2.25. The van der Waals surface area contributed by atoms with Crippen molar-refractivity contribution in [2.45, 2.75) is 31.0 Å². The summed E-state index contributed by atoms with van der Waals surface area (Å²) in [6.45, 7) is 0.552. The van der Waals surface area contributed by atoms with Gasteiger partial charge in [0.05, 0.1) is 12.7 Å². The summed E-state index contributed by atoms with van der Waals surface area (Å²) < 4.78 is 16.4. The van der Waals surface area contributed by atoms with Gasteiger partial charge in [-0.05, 0) is 6.42 Å². The molecule has 2 heterocycles. The zero-order valence-electron chi connectivity index (χ0n) is 9.69. The highest BCUT2D eigenvalue weighted by atomic mass is 16.7. The number of benzene rings is 1. The Kier molecular flexibility index (Phi) is 3.03. The van der Waals surface area contributed by atoms with Crippen molar-refractivity contribution in [3.05, 3.63) is 35.9 Å². The molecule has 5 heteroatoms. The SMILES string of the molecule is O=C(O)[C@H]1O[C@@H]1[C@@H]1CCO[C@H](c2ccccc2)O1. The molecule has 96 valence electrons. The predicted octanol–water partition coefficient (Wildman–Crippen LogP) is 1.34. The largest absolute Gasteiger partial charge is 0.479 e. The molecule has 2 saturated heterocycles. The van der Waals surface area contributed by atoms with Crippen molar-refractivity contribution < 1.29 is 24.1 Å². The highest BCUT2D eigenvalue weighted by Crippen LogP contribution is 2.35. The Bertz CT molecular complexity index is 432. The fraction of sp³-hybridized carbons (Fsp3) is 0.462. The van der Waals surface area contributed by atoms with Gasteiger partial charge >= 0.3 is 5.97 Å². The molecule has 4 atom stereocenters. The number of epoxide rings is 1. The van der Waals surface area contributed by atoms with E-state index in [4.69, 9.17) is 19.3 Å². The molecule has 2 aliphatic heterocycles. The number of hydrogen-bond donors (Lipinski definition) is 1. The molecule has 5 nitrogen and oxygen atoms in total. The van der Waals surface area contributed by atoms with Crippen LogP contribution in [0.25, 0.3) is 0 Å². The van der Waals surface area contributed by atoms with Crippen molar-refractivity contribution in [1.29, 1.82) is 0 Å². The minimum Gasteiger partial charge on any atom is -0.479 e. The Morgan fingerprint density at radius 3 is 2.67 bits per heavy atom. The topological polar surface area (TPSA) is 68.3 Å². The molecule has 0 aromatic heterocycles. The second-order valence-corrected chi connectivity index (χ2v) is 4.44. The number of ether oxygens (including phenoxy) is 3. The molecule has 1 N–H and O–H groups in total. The van der Waals surface area contributed by atoms with Crippen molar-refractivity contribution in [2.24, 2.45) is 0 Å². The van der Waals surface area contributed by atoms with Gasteiger partial charge in [0.2, 0.25) is 0 Å². The van der Waals surface area contributed by atoms with E-state index in [1.165, 1.54) is 0 Å². The molecule has 18 heavy (non-hydrogen) atoms. The van der Waals surface area contributed by atoms with Crippen molar-refractivity contribution in [1.82, 2.24) is 0 Å². The van der Waals surface area contributed by atoms with Crippen LogP contribution < -0.4 is 0 Å². The van der Waals surface area contributed by atoms with Crippen molar-refractivity contribution >= 4 is 5.97 Å². The molecule has 1 aromatic rings. The summed E-state index contributed by atoms with van der Waals surface area (Å²) in [6, 6.07) is 9.61. The zero-order chi connectivity index (χ0) is 12.5. The van der Waals surface area contributed by atoms with Crippen LogP contribution in [0.15, 0.2) is 30.3 Å². The van der Waals surface area contributed by atoms with Crippen LogP contribution in [0, 0.1) is 0 Å². The molecule has 2 aliphatic rings. The van der Waals surface area contributed by atoms with Gasteiger partial charge in [0.15, 0.2) is 12.4 Å². The third-order valence-electron chi connectivity index (χ3n) is 3.18. The van der Waals surface area contributed by atoms with Crippen LogP contribution >= 0.6 is 0 Å². The molecule has 0 spiro atoms. The summed E-state index contributed by atoms with van der Waals surface area (Å²) >= 11 is 0. The van der Waals surface area contributed by atoms with Crippen LogP contribution in [0.1, 0.15) is 18.3 Å². The molecule has 0 aliphatic carbocycles. The second-order valence-electron chi connectivity index (χ2n) is 4.44. The molecule has 0 bridgehead atoms. The number of rotatable bonds is 3. The molecular formula is C13H14O5. The predicted molar refractivity (Wildman–Crippen MR) is 60.9 cm³/mol. The van der Waals surface area contributed by atoms with Gasteiger partial charge in [0.1, 0.15) is 6.10 Å². The first-order valence-electron chi connectivity index (χ1n) is 5.96. The standard InChI is InChI=1S/C13H14O5/c14-12(15)11-10(18-11)9-6-7-16-13(17-9)8-4-2-1-3-5-8/h1-5,9-11,13H,6-7H2,(H,14,15)/t9-,10+,11-,13-/m0/s1. The summed E-state index contributed by atoms with van der Waals surface area (Å²) in [5, 5.41) is 8.83. The maximum atomic E-state index is 10.8. The molecular weight excluding hydrogens is 236 g/mol. The minimum absolute atomic E-state index is 0.204. The summed E-state index contributed by atoms with van der Waals surface area (Å²) in [7, 11) is 0. The van der Waals surface area contributed by atoms with Crippen LogP contribution in [0.4, 0.5) is 0 Å². The first-order valence-corrected chi connectivity index (χ1v) is 5.96. The fourth-order valence-corrected chi connectivity index (χ4v) is 2.19. The maximum Gasteiger partial charge on any atom is 0.335 e. The quantitative estimate of drug-likeness (QED) is 0.820. The summed E-state index contributed by atoms with van der Waals surface area (Å²) in [4.78, 5) is 10.8. The molecule has 0 saturated carbocycles. The first-order chi connectivity index (χ1) is 8.75. The minimum atomic E-state index is -0.925. The number of hydrogen-bond acceptors (Lipinski definition) is 4. The van der Waals surface area contributed by atoms with E-state index in [9.17, 15) is 4.79 Å². The lowest BCUT2D eigenvalue weighted by atomic mass is 10.1. The molecule has 1 aromatic carbocycles. The Morgan fingerprint density at radius 2 is 2.00 bits per heavy atom. The molecule has 0 radical (unpaired) electrons. The molecule has 0 unspecified atom stereocenters. The average molecular weight is 250 g/mol. The Hall–Kier alpha value is -1.43. The van der Waals surface area contributed by atoms with E-state index in [1.807, 2.05) is 30.3 Å². The lowest BCUT2D eigenvalue weighted by Gasteiger charge is -2.29. The van der Waals surface area contributed by atoms with Gasteiger partial charge in [-0.15, -0.1) is 0 Å². The van der Waals surface area contributed by atoms with Crippen molar-refractivity contribution in [2.75, 3.05) is 6.61 Å². The van der Waals surface area contributed by atoms with Gasteiger partial charge in [-0.1, -0.05) is 30.3 Å². The molecule has 2 fully saturated rings. The van der Waals surface area contributed by atoms with E-state index < -0.39 is 18.4 Å². The van der Waals surface area contributed by atoms with Crippen molar-refractivity contribution in [3.63, 3.8) is 0 Å². The summed E-state index contributed by atoms with van der Waals surface area (Å²) in [5.41, 5.74) is 0.940. The number of carbonyl (C=O) groups is 1. The van der Waals surface area contributed by atoms with Gasteiger partial charge in [-0.2, -0.15) is 0 Å². The van der Waals surface area contributed by atoms with Gasteiger partial charge < -0.3 is 19.3 Å². The fourth-order valence-electron chi connectivity index (χ4n) is 2.19. The Labute approximate surface area is 104 Å². The highest BCUT2D eigenvalue weighted by Gasteiger charge is 2.52. The van der Waals surface area contributed by atoms with Gasteiger partial charge in [0.25, 0.3) is 0 Å². The normalized spacial score (nSPS) is 35.1. The van der Waals surface area contributed by atoms with E-state index in [-0.39, 0.29) is 12.2 Å². The average Bonchev–Trinajstić information content (AvgIpc) is 3.20. The second kappa shape index (κ2) is 4.68. The summed E-state index contributed by atoms with van der Waals surface area (Å²) in [5.74, 6) is -0.925. The molecule has 0 amide bonds. The van der Waals surface area contributed by atoms with Crippen LogP contribution in [0.5, 0.6) is 0 Å². The van der Waals surface area contributed by atoms with Crippen LogP contribution in [-0.2, 0) is 19.0 Å². The van der Waals surface area contributed by atoms with Crippen molar-refractivity contribution in [3.8, 4) is 0 Å². The van der Waals surface area contributed by atoms with E-state index >= 15 is 0 Å². The monoisotopic (exact) mass is 250 g/mol. The molecule has 3 rings (SSSR count). The maximum absolute atomic E-state index is 10.8. The van der Waals surface area contributed by atoms with Gasteiger partial charge in [-0.3, -0.25) is 0 Å². The van der Waals surface area contributed by atoms with Crippen LogP contribution in [0.3, 0.4) is 0 Å². The Balaban J connectivity index is 1.65. The van der Waals surface area contributed by atoms with E-state index in [1.54, 1.807) is 0 Å². The van der Waals surface area contributed by atoms with E-state index in [0.29, 0.717) is 13.0 Å². The van der Waals surface area contributed by atoms with Gasteiger partial charge in [-0.25, -0.2) is 4.79 Å². The number of carboxylic acid groups (broad SMARTS) is 1. The number of carboxylic acids is 1. The first kappa shape index (κ1) is 11.6. The third-order valence-corrected chi connectivity index (χ3v) is 3.18.